The fourth-order valence-corrected chi connectivity index (χ4v) is 8.26. The molecule has 4 nitrogen and oxygen atoms in total. The number of alkyl halides is 3. The molecule has 0 aliphatic rings. The van der Waals surface area contributed by atoms with Crippen LogP contribution in [0.4, 0.5) is 13.2 Å². The predicted octanol–water partition coefficient (Wildman–Crippen LogP) is 4.69. The van der Waals surface area contributed by atoms with Gasteiger partial charge in [-0.2, -0.15) is 0 Å². The summed E-state index contributed by atoms with van der Waals surface area (Å²) in [6, 6.07) is 11.2. The summed E-state index contributed by atoms with van der Waals surface area (Å²) in [4.78, 5) is 16.7. The van der Waals surface area contributed by atoms with Crippen LogP contribution in [-0.2, 0) is 21.0 Å². The number of aromatic nitrogens is 1. The van der Waals surface area contributed by atoms with E-state index in [0.29, 0.717) is 12.4 Å². The summed E-state index contributed by atoms with van der Waals surface area (Å²) in [6.45, 7) is 9.35. The van der Waals surface area contributed by atoms with Crippen LogP contribution in [0.5, 0.6) is 5.75 Å². The van der Waals surface area contributed by atoms with E-state index in [1.54, 1.807) is 20.8 Å². The molecule has 3 aromatic rings. The van der Waals surface area contributed by atoms with Crippen molar-refractivity contribution in [2.75, 3.05) is 6.61 Å². The Hall–Kier alpha value is -2.05. The summed E-state index contributed by atoms with van der Waals surface area (Å²) < 4.78 is 52.8. The molecule has 182 valence electrons. The zero-order valence-electron chi connectivity index (χ0n) is 19.6. The second kappa shape index (κ2) is 10.7. The van der Waals surface area contributed by atoms with Crippen LogP contribution in [0.3, 0.4) is 0 Å². The first kappa shape index (κ1) is 26.6. The normalized spacial score (nSPS) is 12.0. The molecule has 0 unspecified atom stereocenters. The average Bonchev–Trinajstić information content (AvgIpc) is 3.14. The van der Waals surface area contributed by atoms with Crippen LogP contribution in [0.25, 0.3) is 10.1 Å². The van der Waals surface area contributed by atoms with Gasteiger partial charge in [0.05, 0.1) is 0 Å². The van der Waals surface area contributed by atoms with Gasteiger partial charge < -0.3 is 0 Å². The fraction of sp³-hybridized carbons (Fsp3) is 0.360. The van der Waals surface area contributed by atoms with E-state index in [9.17, 15) is 18.0 Å². The minimum absolute atomic E-state index is 0.00660. The Bertz CT molecular complexity index is 1160. The molecule has 0 aliphatic heterocycles. The summed E-state index contributed by atoms with van der Waals surface area (Å²) in [6.07, 6.45) is -4.34. The summed E-state index contributed by atoms with van der Waals surface area (Å²) in [5.41, 5.74) is 0.930. The van der Waals surface area contributed by atoms with Crippen LogP contribution >= 0.6 is 0 Å². The molecular formula is C25H26F3NO3Se2. The summed E-state index contributed by atoms with van der Waals surface area (Å²) >= 11 is 0.163. The minimum atomic E-state index is -4.34. The van der Waals surface area contributed by atoms with E-state index in [-0.39, 0.29) is 29.5 Å². The molecule has 0 aliphatic carbocycles. The van der Waals surface area contributed by atoms with Crippen molar-refractivity contribution in [1.82, 2.24) is 4.98 Å². The maximum absolute atomic E-state index is 12.8. The molecule has 0 bridgehead atoms. The topological polar surface area (TPSA) is 48.4 Å². The van der Waals surface area contributed by atoms with E-state index in [1.165, 1.54) is 21.0 Å². The Labute approximate surface area is 209 Å². The molecule has 0 spiro atoms. The van der Waals surface area contributed by atoms with Crippen molar-refractivity contribution in [3.8, 4) is 15.9 Å². The van der Waals surface area contributed by atoms with Gasteiger partial charge in [-0.3, -0.25) is 0 Å². The third-order valence-corrected chi connectivity index (χ3v) is 10.6. The molecule has 1 aromatic heterocycles. The first-order chi connectivity index (χ1) is 15.9. The van der Waals surface area contributed by atoms with Crippen molar-refractivity contribution >= 4 is 39.9 Å². The van der Waals surface area contributed by atoms with Crippen LogP contribution in [0, 0.1) is 13.8 Å². The number of carbonyl (C=O) groups excluding carboxylic acids is 1. The Kier molecular flexibility index (Phi) is 8.35. The molecular weight excluding hydrogens is 577 g/mol. The molecule has 34 heavy (non-hydrogen) atoms. The number of hydrogen-bond donors (Lipinski definition) is 0. The zero-order valence-corrected chi connectivity index (χ0v) is 23.0. The number of hydrogen-bond acceptors (Lipinski definition) is 4. The molecule has 3 rings (SSSR count). The van der Waals surface area contributed by atoms with Gasteiger partial charge in [0, 0.05) is 0 Å². The molecule has 0 amide bonds. The van der Waals surface area contributed by atoms with Gasteiger partial charge in [0.15, 0.2) is 0 Å². The number of ether oxygens (including phenoxy) is 2. The van der Waals surface area contributed by atoms with Gasteiger partial charge in [0.1, 0.15) is 0 Å². The number of aryl methyl sites for hydroxylation is 2. The predicted molar refractivity (Wildman–Crippen MR) is 128 cm³/mol. The third-order valence-electron chi connectivity index (χ3n) is 5.00. The summed E-state index contributed by atoms with van der Waals surface area (Å²) in [5.74, 6) is 0.239. The van der Waals surface area contributed by atoms with Crippen molar-refractivity contribution < 1.29 is 27.4 Å². The Morgan fingerprint density at radius 1 is 1.09 bits per heavy atom. The molecule has 0 saturated carbocycles. The van der Waals surface area contributed by atoms with Crippen LogP contribution < -0.4 is 9.20 Å². The molecule has 0 N–H and O–H groups in total. The van der Waals surface area contributed by atoms with Crippen LogP contribution in [0.2, 0.25) is 0 Å². The van der Waals surface area contributed by atoms with Gasteiger partial charge in [-0.25, -0.2) is 0 Å². The molecule has 0 saturated heterocycles. The zero-order chi connectivity index (χ0) is 25.1. The Balaban J connectivity index is 1.67. The monoisotopic (exact) mass is 605 g/mol. The Morgan fingerprint density at radius 3 is 2.35 bits per heavy atom. The van der Waals surface area contributed by atoms with Crippen molar-refractivity contribution in [3.05, 3.63) is 63.7 Å². The first-order valence-corrected chi connectivity index (χ1v) is 14.4. The summed E-state index contributed by atoms with van der Waals surface area (Å²) in [5, 5.41) is 0.889. The second-order valence-corrected chi connectivity index (χ2v) is 12.6. The molecule has 0 fully saturated rings. The first-order valence-electron chi connectivity index (χ1n) is 10.6. The van der Waals surface area contributed by atoms with Crippen molar-refractivity contribution in [2.24, 2.45) is 0 Å². The van der Waals surface area contributed by atoms with Crippen molar-refractivity contribution in [3.63, 3.8) is 0 Å². The Morgan fingerprint density at radius 2 is 1.76 bits per heavy atom. The maximum atomic E-state index is 12.8. The summed E-state index contributed by atoms with van der Waals surface area (Å²) in [7, 11) is 0. The van der Waals surface area contributed by atoms with Crippen LogP contribution in [0.1, 0.15) is 42.0 Å². The van der Waals surface area contributed by atoms with Crippen LogP contribution in [0.15, 0.2) is 42.5 Å². The van der Waals surface area contributed by atoms with Gasteiger partial charge in [0.2, 0.25) is 0 Å². The number of nitrogens with zero attached hydrogens (tertiary/aromatic N) is 1. The van der Waals surface area contributed by atoms with Gasteiger partial charge in [0.25, 0.3) is 0 Å². The van der Waals surface area contributed by atoms with Crippen molar-refractivity contribution in [2.45, 2.75) is 51.7 Å². The number of halogens is 3. The van der Waals surface area contributed by atoms with E-state index in [0.717, 1.165) is 38.8 Å². The van der Waals surface area contributed by atoms with Crippen LogP contribution in [-0.4, -0.2) is 52.6 Å². The second-order valence-electron chi connectivity index (χ2n) is 8.15. The number of rotatable bonds is 8. The fourth-order valence-electron chi connectivity index (χ4n) is 3.08. The van der Waals surface area contributed by atoms with Gasteiger partial charge >= 0.3 is 210 Å². The molecule has 0 atom stereocenters. The van der Waals surface area contributed by atoms with Gasteiger partial charge in [-0.05, 0) is 0 Å². The standard InChI is InChI=1S/C25H26F3NO3Se2/c1-6-31-23(30)24(4,5)32-20-12-11-19(13-15(20)2)33-14-21-16(3)29-22(34-21)17-7-9-18(10-8-17)25(26,27)28/h7-13H,6,14H2,1-5H3. The van der Waals surface area contributed by atoms with E-state index in [1.807, 2.05) is 26.0 Å². The SMILES string of the molecule is CCOC(=O)C(C)(C)Oc1ccc([Se]Cc2[se]c(-c3ccc(C(F)(F)F)cc3)nc2C)cc1C. The number of esters is 1. The molecule has 9 heteroatoms. The van der Waals surface area contributed by atoms with E-state index in [4.69, 9.17) is 9.47 Å². The quantitative estimate of drug-likeness (QED) is 0.277. The van der Waals surface area contributed by atoms with Crippen molar-refractivity contribution in [1.29, 1.82) is 0 Å². The molecule has 1 heterocycles. The number of carbonyl (C=O) groups is 1. The van der Waals surface area contributed by atoms with E-state index in [2.05, 4.69) is 11.1 Å². The van der Waals surface area contributed by atoms with Gasteiger partial charge in [-0.15, -0.1) is 0 Å². The average molecular weight is 603 g/mol. The molecule has 2 aromatic carbocycles. The third kappa shape index (κ3) is 6.54. The molecule has 0 radical (unpaired) electrons. The number of benzene rings is 2. The van der Waals surface area contributed by atoms with E-state index >= 15 is 0 Å². The van der Waals surface area contributed by atoms with Gasteiger partial charge in [-0.1, -0.05) is 0 Å². The van der Waals surface area contributed by atoms with E-state index < -0.39 is 23.3 Å².